The lowest BCUT2D eigenvalue weighted by Gasteiger charge is -2.43. The normalized spacial score (nSPS) is 23.7. The number of carbonyl (C=O) groups excluding carboxylic acids is 4. The maximum atomic E-state index is 13.3. The molecule has 2 aliphatic heterocycles. The maximum Gasteiger partial charge on any atom is 0.252 e. The molecule has 0 bridgehead atoms. The Morgan fingerprint density at radius 3 is 2.55 bits per heavy atom. The minimum Gasteiger partial charge on any atom is -0.383 e. The Labute approximate surface area is 181 Å². The monoisotopic (exact) mass is 431 g/mol. The second kappa shape index (κ2) is 10.4. The van der Waals surface area contributed by atoms with Gasteiger partial charge < -0.3 is 30.9 Å². The number of carbonyl (C=O) groups is 4. The van der Waals surface area contributed by atoms with E-state index < -0.39 is 35.9 Å². The molecule has 4 atom stereocenters. The lowest BCUT2D eigenvalue weighted by Crippen LogP contribution is -2.64. The molecule has 2 saturated heterocycles. The molecule has 1 aromatic rings. The highest BCUT2D eigenvalue weighted by molar-refractivity contribution is 5.89. The highest BCUT2D eigenvalue weighted by atomic mass is 16.3. The van der Waals surface area contributed by atoms with Crippen molar-refractivity contribution in [3.05, 3.63) is 35.9 Å². The van der Waals surface area contributed by atoms with Crippen LogP contribution >= 0.6 is 0 Å². The van der Waals surface area contributed by atoms with E-state index >= 15 is 0 Å². The van der Waals surface area contributed by atoms with Crippen LogP contribution in [0.1, 0.15) is 5.56 Å². The Kier molecular flexibility index (Phi) is 7.59. The minimum atomic E-state index is -1.45. The molecule has 0 spiro atoms. The van der Waals surface area contributed by atoms with Gasteiger partial charge in [0, 0.05) is 45.2 Å². The van der Waals surface area contributed by atoms with Crippen molar-refractivity contribution < 1.29 is 24.3 Å². The van der Waals surface area contributed by atoms with Gasteiger partial charge in [-0.1, -0.05) is 30.3 Å². The number of hydrogen-bond acceptors (Lipinski definition) is 6. The molecule has 10 heteroatoms. The van der Waals surface area contributed by atoms with Gasteiger partial charge in [0.25, 0.3) is 5.91 Å². The summed E-state index contributed by atoms with van der Waals surface area (Å²) in [4.78, 5) is 52.3. The van der Waals surface area contributed by atoms with E-state index in [1.54, 1.807) is 4.90 Å². The number of rotatable bonds is 8. The fourth-order valence-electron chi connectivity index (χ4n) is 4.37. The van der Waals surface area contributed by atoms with Gasteiger partial charge in [0.1, 0.15) is 12.1 Å². The Morgan fingerprint density at radius 1 is 1.16 bits per heavy atom. The second-order valence-electron chi connectivity index (χ2n) is 7.96. The summed E-state index contributed by atoms with van der Waals surface area (Å²) in [7, 11) is 0. The fraction of sp³-hybridized carbons (Fsp3) is 0.524. The van der Waals surface area contributed by atoms with Gasteiger partial charge in [0.15, 0.2) is 0 Å². The van der Waals surface area contributed by atoms with Crippen molar-refractivity contribution in [2.45, 2.75) is 24.6 Å². The standard InChI is InChI=1S/C21H29N5O5/c22-20(30)18-12-24(13-27)8-9-26(18)21(31)19(29)16(10-15-4-2-1-3-5-15)17-11-23-6-7-25(17)14-28/h1-5,13-14,16-19,23,29H,6-12H2,(H2,22,30)/t16-,17?,18?,19+/m0/s1. The van der Waals surface area contributed by atoms with Crippen molar-refractivity contribution >= 4 is 24.6 Å². The van der Waals surface area contributed by atoms with Crippen molar-refractivity contribution in [1.29, 1.82) is 0 Å². The molecule has 31 heavy (non-hydrogen) atoms. The Bertz CT molecular complexity index is 792. The first-order chi connectivity index (χ1) is 15.0. The summed E-state index contributed by atoms with van der Waals surface area (Å²) in [5.41, 5.74) is 6.40. The smallest absolute Gasteiger partial charge is 0.252 e. The molecule has 0 saturated carbocycles. The molecule has 4 amide bonds. The number of benzene rings is 1. The Balaban J connectivity index is 1.86. The summed E-state index contributed by atoms with van der Waals surface area (Å²) in [6.45, 7) is 1.89. The lowest BCUT2D eigenvalue weighted by molar-refractivity contribution is -0.155. The van der Waals surface area contributed by atoms with Crippen molar-refractivity contribution in [2.75, 3.05) is 39.3 Å². The van der Waals surface area contributed by atoms with Gasteiger partial charge in [-0.05, 0) is 12.0 Å². The number of aliphatic hydroxyl groups is 1. The van der Waals surface area contributed by atoms with E-state index in [-0.39, 0.29) is 19.6 Å². The molecule has 1 aromatic carbocycles. The number of nitrogens with one attached hydrogen (secondary N) is 1. The van der Waals surface area contributed by atoms with Gasteiger partial charge in [-0.2, -0.15) is 0 Å². The van der Waals surface area contributed by atoms with E-state index in [0.29, 0.717) is 32.5 Å². The van der Waals surface area contributed by atoms with Gasteiger partial charge in [0.2, 0.25) is 18.7 Å². The van der Waals surface area contributed by atoms with Crippen LogP contribution in [0.25, 0.3) is 0 Å². The molecule has 4 N–H and O–H groups in total. The van der Waals surface area contributed by atoms with Crippen molar-refractivity contribution in [3.8, 4) is 0 Å². The Morgan fingerprint density at radius 2 is 1.90 bits per heavy atom. The van der Waals surface area contributed by atoms with Gasteiger partial charge in [-0.15, -0.1) is 0 Å². The highest BCUT2D eigenvalue weighted by Gasteiger charge is 2.42. The van der Waals surface area contributed by atoms with Gasteiger partial charge in [-0.3, -0.25) is 19.2 Å². The zero-order chi connectivity index (χ0) is 22.4. The van der Waals surface area contributed by atoms with Crippen LogP contribution in [0.2, 0.25) is 0 Å². The molecule has 3 rings (SSSR count). The third-order valence-electron chi connectivity index (χ3n) is 6.10. The van der Waals surface area contributed by atoms with E-state index in [9.17, 15) is 24.3 Å². The molecule has 0 aliphatic carbocycles. The topological polar surface area (TPSA) is 136 Å². The van der Waals surface area contributed by atoms with E-state index in [2.05, 4.69) is 5.32 Å². The summed E-state index contributed by atoms with van der Waals surface area (Å²) >= 11 is 0. The van der Waals surface area contributed by atoms with E-state index in [1.807, 2.05) is 30.3 Å². The molecule has 2 unspecified atom stereocenters. The van der Waals surface area contributed by atoms with E-state index in [4.69, 9.17) is 5.73 Å². The van der Waals surface area contributed by atoms with Gasteiger partial charge in [-0.25, -0.2) is 0 Å². The number of hydrogen-bond donors (Lipinski definition) is 3. The largest absolute Gasteiger partial charge is 0.383 e. The molecule has 10 nitrogen and oxygen atoms in total. The summed E-state index contributed by atoms with van der Waals surface area (Å²) in [6.07, 6.45) is 0.287. The second-order valence-corrected chi connectivity index (χ2v) is 7.96. The number of primary amides is 1. The highest BCUT2D eigenvalue weighted by Crippen LogP contribution is 2.24. The summed E-state index contributed by atoms with van der Waals surface area (Å²) in [6, 6.07) is 8.03. The Hall–Kier alpha value is -2.98. The summed E-state index contributed by atoms with van der Waals surface area (Å²) < 4.78 is 0. The SMILES string of the molecule is NC(=O)C1CN(C=O)CCN1C(=O)[C@H](O)[C@@H](Cc1ccccc1)C1CNCCN1C=O. The number of piperazine rings is 2. The minimum absolute atomic E-state index is 0.00785. The van der Waals surface area contributed by atoms with Crippen LogP contribution in [0.3, 0.4) is 0 Å². The third-order valence-corrected chi connectivity index (χ3v) is 6.10. The first kappa shape index (κ1) is 22.7. The zero-order valence-electron chi connectivity index (χ0n) is 17.3. The fourth-order valence-corrected chi connectivity index (χ4v) is 4.37. The van der Waals surface area contributed by atoms with Crippen LogP contribution in [-0.4, -0.2) is 102 Å². The number of amides is 4. The van der Waals surface area contributed by atoms with Crippen LogP contribution in [0, 0.1) is 5.92 Å². The van der Waals surface area contributed by atoms with Crippen molar-refractivity contribution in [2.24, 2.45) is 11.7 Å². The number of aliphatic hydroxyl groups excluding tert-OH is 1. The number of nitrogens with zero attached hydrogens (tertiary/aromatic N) is 3. The molecule has 168 valence electrons. The molecular formula is C21H29N5O5. The average Bonchev–Trinajstić information content (AvgIpc) is 2.81. The van der Waals surface area contributed by atoms with Crippen molar-refractivity contribution in [1.82, 2.24) is 20.0 Å². The first-order valence-corrected chi connectivity index (χ1v) is 10.4. The number of nitrogens with two attached hydrogens (primary N) is 1. The van der Waals surface area contributed by atoms with Crippen molar-refractivity contribution in [3.63, 3.8) is 0 Å². The maximum absolute atomic E-state index is 13.3. The molecule has 0 aromatic heterocycles. The lowest BCUT2D eigenvalue weighted by atomic mass is 9.84. The van der Waals surface area contributed by atoms with Gasteiger partial charge in [0.05, 0.1) is 6.04 Å². The molecule has 0 radical (unpaired) electrons. The van der Waals surface area contributed by atoms with E-state index in [0.717, 1.165) is 12.0 Å². The summed E-state index contributed by atoms with van der Waals surface area (Å²) in [5.74, 6) is -1.95. The van der Waals surface area contributed by atoms with E-state index in [1.165, 1.54) is 9.80 Å². The molecule has 2 aliphatic rings. The third kappa shape index (κ3) is 5.20. The van der Waals surface area contributed by atoms with Crippen LogP contribution in [0.4, 0.5) is 0 Å². The zero-order valence-corrected chi connectivity index (χ0v) is 17.3. The predicted octanol–water partition coefficient (Wildman–Crippen LogP) is -2.21. The molecule has 2 fully saturated rings. The first-order valence-electron chi connectivity index (χ1n) is 10.4. The van der Waals surface area contributed by atoms with Crippen LogP contribution in [0.5, 0.6) is 0 Å². The van der Waals surface area contributed by atoms with Crippen LogP contribution in [-0.2, 0) is 25.6 Å². The molecule has 2 heterocycles. The van der Waals surface area contributed by atoms with Crippen LogP contribution in [0.15, 0.2) is 30.3 Å². The van der Waals surface area contributed by atoms with Crippen LogP contribution < -0.4 is 11.1 Å². The quantitative estimate of drug-likeness (QED) is 0.399. The predicted molar refractivity (Wildman–Crippen MR) is 111 cm³/mol. The molecular weight excluding hydrogens is 402 g/mol. The summed E-state index contributed by atoms with van der Waals surface area (Å²) in [5, 5.41) is 14.4. The van der Waals surface area contributed by atoms with Gasteiger partial charge >= 0.3 is 0 Å². The average molecular weight is 431 g/mol.